The fourth-order valence-electron chi connectivity index (χ4n) is 4.48. The van der Waals surface area contributed by atoms with Gasteiger partial charge in [0.1, 0.15) is 17.5 Å². The molecule has 0 bridgehead atoms. The average Bonchev–Trinajstić information content (AvgIpc) is 3.18. The van der Waals surface area contributed by atoms with E-state index in [1.54, 1.807) is 48.7 Å². The van der Waals surface area contributed by atoms with Gasteiger partial charge in [-0.3, -0.25) is 19.5 Å². The average molecular weight is 424 g/mol. The first kappa shape index (κ1) is 21.3. The normalized spacial score (nSPS) is 25.4. The molecule has 1 unspecified atom stereocenters. The first-order valence-corrected chi connectivity index (χ1v) is 10.8. The van der Waals surface area contributed by atoms with E-state index in [-0.39, 0.29) is 18.4 Å². The van der Waals surface area contributed by atoms with Crippen molar-refractivity contribution in [1.29, 1.82) is 0 Å². The Morgan fingerprint density at radius 3 is 2.68 bits per heavy atom. The second kappa shape index (κ2) is 9.06. The minimum Gasteiger partial charge on any atom is -0.497 e. The summed E-state index contributed by atoms with van der Waals surface area (Å²) in [6.07, 6.45) is 6.78. The predicted molar refractivity (Wildman–Crippen MR) is 115 cm³/mol. The highest BCUT2D eigenvalue weighted by molar-refractivity contribution is 5.98. The van der Waals surface area contributed by atoms with Crippen molar-refractivity contribution >= 4 is 11.8 Å². The van der Waals surface area contributed by atoms with Crippen LogP contribution in [0.5, 0.6) is 5.75 Å². The van der Waals surface area contributed by atoms with E-state index in [1.165, 1.54) is 0 Å². The lowest BCUT2D eigenvalue weighted by atomic mass is 9.83. The number of benzene rings is 1. The zero-order valence-electron chi connectivity index (χ0n) is 18.0. The minimum atomic E-state index is -0.731. The van der Waals surface area contributed by atoms with E-state index < -0.39 is 11.8 Å². The zero-order chi connectivity index (χ0) is 21.8. The van der Waals surface area contributed by atoms with Crippen LogP contribution in [0, 0.1) is 5.92 Å². The van der Waals surface area contributed by atoms with Crippen molar-refractivity contribution in [3.8, 4) is 5.75 Å². The predicted octanol–water partition coefficient (Wildman–Crippen LogP) is 3.15. The number of ether oxygens (including phenoxy) is 2. The maximum absolute atomic E-state index is 13.7. The summed E-state index contributed by atoms with van der Waals surface area (Å²) in [7, 11) is 1.57. The second-order valence-corrected chi connectivity index (χ2v) is 8.44. The molecule has 164 valence electrons. The van der Waals surface area contributed by atoms with Crippen LogP contribution in [-0.4, -0.2) is 47.2 Å². The van der Waals surface area contributed by atoms with E-state index in [4.69, 9.17) is 9.47 Å². The molecule has 2 amide bonds. The largest absolute Gasteiger partial charge is 0.497 e. The number of carbonyl (C=O) groups excluding carboxylic acids is 2. The van der Waals surface area contributed by atoms with E-state index in [2.05, 4.69) is 17.2 Å². The summed E-state index contributed by atoms with van der Waals surface area (Å²) in [4.78, 5) is 32.5. The van der Waals surface area contributed by atoms with Crippen molar-refractivity contribution in [3.63, 3.8) is 0 Å². The quantitative estimate of drug-likeness (QED) is 0.799. The van der Waals surface area contributed by atoms with Crippen LogP contribution in [-0.2, 0) is 16.1 Å². The number of rotatable bonds is 5. The number of methoxy groups -OCH3 is 1. The molecular formula is C24H29N3O4. The third-order valence-corrected chi connectivity index (χ3v) is 6.37. The van der Waals surface area contributed by atoms with Crippen molar-refractivity contribution in [2.24, 2.45) is 5.92 Å². The van der Waals surface area contributed by atoms with Gasteiger partial charge in [-0.1, -0.05) is 13.0 Å². The Morgan fingerprint density at radius 1 is 1.23 bits per heavy atom. The van der Waals surface area contributed by atoms with Crippen LogP contribution in [0.4, 0.5) is 0 Å². The van der Waals surface area contributed by atoms with Crippen LogP contribution in [0.25, 0.3) is 0 Å². The summed E-state index contributed by atoms with van der Waals surface area (Å²) in [5.41, 5.74) is 0.717. The molecule has 1 aliphatic heterocycles. The summed E-state index contributed by atoms with van der Waals surface area (Å²) in [6.45, 7) is 2.80. The van der Waals surface area contributed by atoms with Crippen LogP contribution in [0.3, 0.4) is 0 Å². The van der Waals surface area contributed by atoms with Gasteiger partial charge in [0.15, 0.2) is 0 Å². The molecule has 7 nitrogen and oxygen atoms in total. The van der Waals surface area contributed by atoms with Gasteiger partial charge in [0.25, 0.3) is 5.91 Å². The van der Waals surface area contributed by atoms with Gasteiger partial charge >= 0.3 is 0 Å². The Hall–Kier alpha value is -2.93. The number of nitrogens with zero attached hydrogens (tertiary/aromatic N) is 2. The van der Waals surface area contributed by atoms with E-state index in [0.717, 1.165) is 31.2 Å². The maximum atomic E-state index is 13.7. The van der Waals surface area contributed by atoms with Gasteiger partial charge < -0.3 is 14.8 Å². The number of hydrogen-bond donors (Lipinski definition) is 1. The first-order valence-electron chi connectivity index (χ1n) is 10.8. The van der Waals surface area contributed by atoms with Crippen molar-refractivity contribution < 1.29 is 19.1 Å². The lowest BCUT2D eigenvalue weighted by Crippen LogP contribution is -2.56. The molecule has 7 heteroatoms. The fraction of sp³-hybridized carbons (Fsp3) is 0.458. The molecule has 4 rings (SSSR count). The Balaban J connectivity index is 1.59. The standard InChI is InChI=1S/C24H29N3O4/c1-17-6-10-24(11-7-17)27(23(29)19-4-3-5-20(14-19)30-2)21(16-31-24)22(28)26-15-18-8-12-25-13-9-18/h3-5,8-9,12-14,17,21H,6-7,10-11,15-16H2,1-2H3,(H,26,28). The summed E-state index contributed by atoms with van der Waals surface area (Å²) in [5, 5.41) is 2.97. The highest BCUT2D eigenvalue weighted by Gasteiger charge is 2.53. The molecule has 1 spiro atoms. The molecule has 1 aromatic heterocycles. The zero-order valence-corrected chi connectivity index (χ0v) is 18.0. The summed E-state index contributed by atoms with van der Waals surface area (Å²) >= 11 is 0. The first-order chi connectivity index (χ1) is 15.0. The van der Waals surface area contributed by atoms with Crippen molar-refractivity contribution in [1.82, 2.24) is 15.2 Å². The summed E-state index contributed by atoms with van der Waals surface area (Å²) in [5.74, 6) is 0.789. The molecule has 31 heavy (non-hydrogen) atoms. The number of pyridine rings is 1. The Labute approximate surface area is 182 Å². The van der Waals surface area contributed by atoms with Crippen molar-refractivity contribution in [3.05, 3.63) is 59.9 Å². The van der Waals surface area contributed by atoms with Gasteiger partial charge in [0.2, 0.25) is 5.91 Å². The van der Waals surface area contributed by atoms with E-state index in [9.17, 15) is 9.59 Å². The van der Waals surface area contributed by atoms with Crippen molar-refractivity contribution in [2.75, 3.05) is 13.7 Å². The third-order valence-electron chi connectivity index (χ3n) is 6.37. The smallest absolute Gasteiger partial charge is 0.257 e. The Bertz CT molecular complexity index is 925. The topological polar surface area (TPSA) is 80.8 Å². The minimum absolute atomic E-state index is 0.199. The van der Waals surface area contributed by atoms with Gasteiger partial charge in [-0.25, -0.2) is 0 Å². The van der Waals surface area contributed by atoms with E-state index in [0.29, 0.717) is 23.8 Å². The van der Waals surface area contributed by atoms with Gasteiger partial charge in [-0.15, -0.1) is 0 Å². The van der Waals surface area contributed by atoms with Crippen molar-refractivity contribution in [2.45, 2.75) is 50.9 Å². The molecule has 1 aromatic carbocycles. The summed E-state index contributed by atoms with van der Waals surface area (Å²) in [6, 6.07) is 10.1. The maximum Gasteiger partial charge on any atom is 0.257 e. The van der Waals surface area contributed by atoms with Crippen LogP contribution in [0.2, 0.25) is 0 Å². The molecule has 2 fully saturated rings. The highest BCUT2D eigenvalue weighted by atomic mass is 16.5. The lowest BCUT2D eigenvalue weighted by molar-refractivity contribution is -0.128. The number of carbonyl (C=O) groups is 2. The van der Waals surface area contributed by atoms with Crippen LogP contribution >= 0.6 is 0 Å². The summed E-state index contributed by atoms with van der Waals surface area (Å²) < 4.78 is 11.5. The van der Waals surface area contributed by atoms with Crippen LogP contribution < -0.4 is 10.1 Å². The monoisotopic (exact) mass is 423 g/mol. The fourth-order valence-corrected chi connectivity index (χ4v) is 4.48. The third kappa shape index (κ3) is 4.42. The van der Waals surface area contributed by atoms with Gasteiger partial charge in [-0.05, 0) is 67.5 Å². The number of nitrogens with one attached hydrogen (secondary N) is 1. The number of hydrogen-bond acceptors (Lipinski definition) is 5. The molecule has 0 radical (unpaired) electrons. The molecule has 1 aliphatic carbocycles. The Morgan fingerprint density at radius 2 is 1.97 bits per heavy atom. The SMILES string of the molecule is COc1cccc(C(=O)N2C(C(=O)NCc3ccncc3)COC23CCC(C)CC3)c1. The van der Waals surface area contributed by atoms with E-state index in [1.807, 2.05) is 12.1 Å². The molecule has 2 aromatic rings. The molecule has 2 aliphatic rings. The van der Waals surface area contributed by atoms with E-state index >= 15 is 0 Å². The van der Waals surface area contributed by atoms with Crippen LogP contribution in [0.15, 0.2) is 48.8 Å². The number of amides is 2. The van der Waals surface area contributed by atoms with Gasteiger partial charge in [0, 0.05) is 24.5 Å². The lowest BCUT2D eigenvalue weighted by Gasteiger charge is -2.43. The molecule has 1 N–H and O–H groups in total. The molecular weight excluding hydrogens is 394 g/mol. The molecule has 2 heterocycles. The molecule has 1 atom stereocenters. The second-order valence-electron chi connectivity index (χ2n) is 8.44. The van der Waals surface area contributed by atoms with Gasteiger partial charge in [0.05, 0.1) is 13.7 Å². The van der Waals surface area contributed by atoms with Crippen LogP contribution in [0.1, 0.15) is 48.5 Å². The van der Waals surface area contributed by atoms with Gasteiger partial charge in [-0.2, -0.15) is 0 Å². The molecule has 1 saturated carbocycles. The number of aromatic nitrogens is 1. The highest BCUT2D eigenvalue weighted by Crippen LogP contribution is 2.43. The Kier molecular flexibility index (Phi) is 6.23. The molecule has 1 saturated heterocycles.